The van der Waals surface area contributed by atoms with E-state index in [2.05, 4.69) is 86.3 Å². The number of rotatable bonds is 1. The molecule has 0 N–H and O–H groups in total. The second kappa shape index (κ2) is 5.69. The van der Waals surface area contributed by atoms with Gasteiger partial charge in [0.25, 0.3) is 0 Å². The highest BCUT2D eigenvalue weighted by Gasteiger charge is 2.26. The van der Waals surface area contributed by atoms with E-state index in [1.807, 2.05) is 12.3 Å². The molecule has 148 valence electrons. The minimum Gasteiger partial charge on any atom is -0.292 e. The molecular weight excluding hydrogens is 366 g/mol. The number of nitrogens with zero attached hydrogens (tertiary/aromatic N) is 3. The van der Waals surface area contributed by atoms with Gasteiger partial charge in [0.15, 0.2) is 6.20 Å². The van der Waals surface area contributed by atoms with Crippen LogP contribution in [0.25, 0.3) is 49.1 Å². The summed E-state index contributed by atoms with van der Waals surface area (Å²) in [5, 5.41) is 6.47. The van der Waals surface area contributed by atoms with E-state index in [1.165, 1.54) is 54.6 Å². The summed E-state index contributed by atoms with van der Waals surface area (Å²) in [5.41, 5.74) is 7.87. The van der Waals surface area contributed by atoms with Crippen molar-refractivity contribution in [2.45, 2.75) is 34.1 Å². The van der Waals surface area contributed by atoms with E-state index in [9.17, 15) is 0 Å². The van der Waals surface area contributed by atoms with E-state index in [0.29, 0.717) is 0 Å². The van der Waals surface area contributed by atoms with E-state index >= 15 is 0 Å². The van der Waals surface area contributed by atoms with Gasteiger partial charge in [-0.3, -0.25) is 4.40 Å². The summed E-state index contributed by atoms with van der Waals surface area (Å²) in [6.45, 7) is 9.18. The maximum absolute atomic E-state index is 4.87. The largest absolute Gasteiger partial charge is 0.292 e. The molecule has 0 radical (unpaired) electrons. The minimum atomic E-state index is 0.198. The van der Waals surface area contributed by atoms with Gasteiger partial charge in [0.1, 0.15) is 12.7 Å². The van der Waals surface area contributed by atoms with Crippen molar-refractivity contribution in [3.05, 3.63) is 66.0 Å². The summed E-state index contributed by atoms with van der Waals surface area (Å²) in [4.78, 5) is 4.87. The SMILES string of the molecule is Cc1ccc2c3cccnc3n3c4c(CC(C)(C)C)ccc5cc[n+](C)c(c1c23)c54. The lowest BCUT2D eigenvalue weighted by Crippen LogP contribution is -2.29. The number of aryl methyl sites for hydroxylation is 2. The molecule has 6 aromatic rings. The highest BCUT2D eigenvalue weighted by atomic mass is 15.0. The van der Waals surface area contributed by atoms with Crippen molar-refractivity contribution in [3.8, 4) is 0 Å². The molecule has 0 aliphatic carbocycles. The molecule has 0 spiro atoms. The first-order valence-electron chi connectivity index (χ1n) is 10.7. The van der Waals surface area contributed by atoms with Crippen LogP contribution < -0.4 is 4.57 Å². The maximum atomic E-state index is 4.87. The number of aromatic nitrogens is 3. The van der Waals surface area contributed by atoms with Crippen molar-refractivity contribution in [3.63, 3.8) is 0 Å². The molecule has 2 aromatic carbocycles. The van der Waals surface area contributed by atoms with Gasteiger partial charge >= 0.3 is 0 Å². The summed E-state index contributed by atoms with van der Waals surface area (Å²) < 4.78 is 4.74. The predicted molar refractivity (Wildman–Crippen MR) is 125 cm³/mol. The Labute approximate surface area is 175 Å². The highest BCUT2D eigenvalue weighted by Crippen LogP contribution is 2.41. The summed E-state index contributed by atoms with van der Waals surface area (Å²) in [6.07, 6.45) is 5.13. The third-order valence-corrected chi connectivity index (χ3v) is 6.44. The van der Waals surface area contributed by atoms with Gasteiger partial charge in [0, 0.05) is 23.0 Å². The monoisotopic (exact) mass is 392 g/mol. The Morgan fingerprint density at radius 2 is 1.77 bits per heavy atom. The van der Waals surface area contributed by atoms with Crippen molar-refractivity contribution in [2.24, 2.45) is 12.5 Å². The zero-order valence-electron chi connectivity index (χ0n) is 18.2. The quantitative estimate of drug-likeness (QED) is 0.188. The van der Waals surface area contributed by atoms with Gasteiger partial charge in [-0.2, -0.15) is 0 Å². The second-order valence-electron chi connectivity index (χ2n) is 9.91. The van der Waals surface area contributed by atoms with Crippen molar-refractivity contribution in [1.82, 2.24) is 9.38 Å². The Kier molecular flexibility index (Phi) is 3.35. The van der Waals surface area contributed by atoms with Crippen LogP contribution in [0, 0.1) is 12.3 Å². The van der Waals surface area contributed by atoms with E-state index < -0.39 is 0 Å². The van der Waals surface area contributed by atoms with Gasteiger partial charge in [-0.15, -0.1) is 0 Å². The van der Waals surface area contributed by atoms with Crippen LogP contribution in [-0.4, -0.2) is 9.38 Å². The Bertz CT molecular complexity index is 1610. The minimum absolute atomic E-state index is 0.198. The van der Waals surface area contributed by atoms with E-state index in [4.69, 9.17) is 4.98 Å². The Hall–Kier alpha value is -3.20. The molecule has 3 heteroatoms. The molecule has 3 nitrogen and oxygen atoms in total. The number of pyridine rings is 3. The fraction of sp³-hybridized carbons (Fsp3) is 0.259. The lowest BCUT2D eigenvalue weighted by Gasteiger charge is -2.21. The zero-order chi connectivity index (χ0) is 20.8. The molecule has 0 aliphatic rings. The van der Waals surface area contributed by atoms with Crippen molar-refractivity contribution in [1.29, 1.82) is 0 Å². The first-order chi connectivity index (χ1) is 14.3. The molecule has 0 atom stereocenters. The predicted octanol–water partition coefficient (Wildman–Crippen LogP) is 6.11. The number of hydrogen-bond donors (Lipinski definition) is 0. The lowest BCUT2D eigenvalue weighted by molar-refractivity contribution is -0.643. The summed E-state index contributed by atoms with van der Waals surface area (Å²) in [5.74, 6) is 0. The van der Waals surface area contributed by atoms with E-state index in [-0.39, 0.29) is 5.41 Å². The third-order valence-electron chi connectivity index (χ3n) is 6.44. The van der Waals surface area contributed by atoms with Gasteiger partial charge in [-0.05, 0) is 47.4 Å². The molecule has 0 unspecified atom stereocenters. The van der Waals surface area contributed by atoms with Crippen LogP contribution in [0.15, 0.2) is 54.9 Å². The van der Waals surface area contributed by atoms with Gasteiger partial charge in [-0.1, -0.05) is 45.0 Å². The molecule has 0 saturated carbocycles. The van der Waals surface area contributed by atoms with Crippen LogP contribution in [0.2, 0.25) is 0 Å². The molecule has 4 aromatic heterocycles. The van der Waals surface area contributed by atoms with E-state index in [1.54, 1.807) is 0 Å². The first-order valence-corrected chi connectivity index (χ1v) is 10.7. The fourth-order valence-corrected chi connectivity index (χ4v) is 5.30. The lowest BCUT2D eigenvalue weighted by atomic mass is 9.86. The Balaban J connectivity index is 2.04. The average molecular weight is 393 g/mol. The fourth-order valence-electron chi connectivity index (χ4n) is 5.30. The van der Waals surface area contributed by atoms with Gasteiger partial charge in [-0.25, -0.2) is 9.55 Å². The molecule has 0 bridgehead atoms. The van der Waals surface area contributed by atoms with Crippen molar-refractivity contribution in [2.75, 3.05) is 0 Å². The highest BCUT2D eigenvalue weighted by molar-refractivity contribution is 6.25. The number of hydrogen-bond acceptors (Lipinski definition) is 1. The van der Waals surface area contributed by atoms with Crippen LogP contribution in [-0.2, 0) is 13.5 Å². The topological polar surface area (TPSA) is 21.2 Å². The average Bonchev–Trinajstić information content (AvgIpc) is 3.03. The van der Waals surface area contributed by atoms with Crippen molar-refractivity contribution < 1.29 is 4.57 Å². The van der Waals surface area contributed by atoms with Crippen LogP contribution in [0.4, 0.5) is 0 Å². The number of fused-ring (bicyclic) bond motifs is 5. The van der Waals surface area contributed by atoms with Crippen molar-refractivity contribution >= 4 is 49.1 Å². The summed E-state index contributed by atoms with van der Waals surface area (Å²) in [7, 11) is 2.17. The maximum Gasteiger partial charge on any atom is 0.224 e. The molecule has 4 heterocycles. The van der Waals surface area contributed by atoms with Crippen LogP contribution in [0.1, 0.15) is 31.9 Å². The molecule has 0 fully saturated rings. The summed E-state index contributed by atoms with van der Waals surface area (Å²) >= 11 is 0. The third kappa shape index (κ3) is 2.21. The van der Waals surface area contributed by atoms with E-state index in [0.717, 1.165) is 12.1 Å². The number of benzene rings is 2. The van der Waals surface area contributed by atoms with Gasteiger partial charge < -0.3 is 0 Å². The Morgan fingerprint density at radius 3 is 2.57 bits per heavy atom. The second-order valence-corrected chi connectivity index (χ2v) is 9.91. The molecule has 0 amide bonds. The zero-order valence-corrected chi connectivity index (χ0v) is 18.2. The standard InChI is InChI=1S/C27H26N3/c1-16-8-11-19-20-7-6-13-28-26(20)30-23-18(15-27(2,3)4)10-9-17-12-14-29(5)25(22(17)23)21(16)24(19)30/h6-14H,15H2,1-5H3/q+1. The summed E-state index contributed by atoms with van der Waals surface area (Å²) in [6, 6.07) is 15.6. The molecular formula is C27H26N3+. The van der Waals surface area contributed by atoms with Crippen LogP contribution in [0.5, 0.6) is 0 Å². The first kappa shape index (κ1) is 17.6. The van der Waals surface area contributed by atoms with Crippen LogP contribution in [0.3, 0.4) is 0 Å². The molecule has 30 heavy (non-hydrogen) atoms. The van der Waals surface area contributed by atoms with Gasteiger partial charge in [0.05, 0.1) is 21.8 Å². The molecule has 0 saturated heterocycles. The van der Waals surface area contributed by atoms with Crippen LogP contribution >= 0.6 is 0 Å². The van der Waals surface area contributed by atoms with Gasteiger partial charge in [0.2, 0.25) is 5.52 Å². The smallest absolute Gasteiger partial charge is 0.224 e. The Morgan fingerprint density at radius 1 is 0.933 bits per heavy atom. The molecule has 6 rings (SSSR count). The molecule has 0 aliphatic heterocycles. The normalized spacial score (nSPS) is 13.0.